The Balaban J connectivity index is 2.61. The molecular formula is C36H55N3O5. The number of amides is 3. The maximum absolute atomic E-state index is 14.6. The van der Waals surface area contributed by atoms with E-state index in [9.17, 15) is 19.5 Å². The Morgan fingerprint density at radius 1 is 0.909 bits per heavy atom. The zero-order valence-electron chi connectivity index (χ0n) is 28.4. The summed E-state index contributed by atoms with van der Waals surface area (Å²) >= 11 is 0. The van der Waals surface area contributed by atoms with Crippen molar-refractivity contribution < 1.29 is 24.2 Å². The molecule has 0 aliphatic rings. The number of ether oxygens (including phenoxy) is 1. The number of benzene rings is 2. The maximum atomic E-state index is 14.6. The van der Waals surface area contributed by atoms with Crippen molar-refractivity contribution in [3.05, 3.63) is 58.7 Å². The third-order valence-corrected chi connectivity index (χ3v) is 8.01. The van der Waals surface area contributed by atoms with Crippen molar-refractivity contribution in [2.24, 2.45) is 5.92 Å². The van der Waals surface area contributed by atoms with Crippen molar-refractivity contribution in [2.75, 3.05) is 11.9 Å². The maximum Gasteiger partial charge on any atom is 0.408 e. The van der Waals surface area contributed by atoms with E-state index in [2.05, 4.69) is 17.6 Å². The highest BCUT2D eigenvalue weighted by Gasteiger charge is 2.38. The van der Waals surface area contributed by atoms with Crippen LogP contribution in [0.4, 0.5) is 10.5 Å². The molecule has 0 aliphatic carbocycles. The summed E-state index contributed by atoms with van der Waals surface area (Å²) in [5.74, 6) is -0.801. The van der Waals surface area contributed by atoms with Crippen LogP contribution in [0.1, 0.15) is 115 Å². The van der Waals surface area contributed by atoms with Gasteiger partial charge in [-0.3, -0.25) is 9.59 Å². The van der Waals surface area contributed by atoms with E-state index in [0.29, 0.717) is 36.2 Å². The van der Waals surface area contributed by atoms with Crippen LogP contribution in [0.25, 0.3) is 0 Å². The van der Waals surface area contributed by atoms with Crippen LogP contribution < -0.4 is 10.6 Å². The van der Waals surface area contributed by atoms with Gasteiger partial charge >= 0.3 is 6.09 Å². The third-order valence-electron chi connectivity index (χ3n) is 8.01. The minimum Gasteiger partial charge on any atom is -0.508 e. The van der Waals surface area contributed by atoms with E-state index < -0.39 is 23.8 Å². The van der Waals surface area contributed by atoms with E-state index >= 15 is 0 Å². The summed E-state index contributed by atoms with van der Waals surface area (Å²) in [4.78, 5) is 43.5. The Morgan fingerprint density at radius 2 is 1.52 bits per heavy atom. The van der Waals surface area contributed by atoms with Gasteiger partial charge in [0, 0.05) is 12.2 Å². The van der Waals surface area contributed by atoms with Crippen molar-refractivity contribution in [2.45, 2.75) is 125 Å². The smallest absolute Gasteiger partial charge is 0.408 e. The van der Waals surface area contributed by atoms with E-state index in [1.165, 1.54) is 0 Å². The normalized spacial score (nSPS) is 13.5. The number of carbonyl (C=O) groups excluding carboxylic acids is 3. The number of aromatic hydroxyl groups is 1. The van der Waals surface area contributed by atoms with Crippen LogP contribution in [0.15, 0.2) is 36.4 Å². The van der Waals surface area contributed by atoms with Gasteiger partial charge < -0.3 is 25.4 Å². The van der Waals surface area contributed by atoms with Crippen molar-refractivity contribution in [3.8, 4) is 5.75 Å². The van der Waals surface area contributed by atoms with Gasteiger partial charge in [-0.15, -0.1) is 0 Å². The molecule has 3 atom stereocenters. The fraction of sp³-hybridized carbons (Fsp3) is 0.583. The number of para-hydroxylation sites is 1. The molecule has 0 aromatic heterocycles. The van der Waals surface area contributed by atoms with Gasteiger partial charge in [-0.2, -0.15) is 0 Å². The van der Waals surface area contributed by atoms with Crippen molar-refractivity contribution in [3.63, 3.8) is 0 Å². The number of unbranched alkanes of at least 4 members (excludes halogenated alkanes) is 5. The number of anilines is 1. The lowest BCUT2D eigenvalue weighted by molar-refractivity contribution is -0.142. The fourth-order valence-corrected chi connectivity index (χ4v) is 5.25. The molecule has 3 N–H and O–H groups in total. The second-order valence-electron chi connectivity index (χ2n) is 13.0. The van der Waals surface area contributed by atoms with Gasteiger partial charge in [0.1, 0.15) is 23.4 Å². The second kappa shape index (κ2) is 17.1. The van der Waals surface area contributed by atoms with Gasteiger partial charge in [-0.25, -0.2) is 4.79 Å². The standard InChI is InChI=1S/C36H55N3O5/c1-10-12-13-14-15-16-22-39(34(42)31(24(3)11-2)38-35(43)44-36(7,8)9)32(28-20-21-29(40)27(6)23-28)33(41)37-30-25(4)18-17-19-26(30)5/h17-21,23-24,31-32,40H,10-16,22H2,1-9H3,(H,37,41)(H,38,43). The molecule has 0 aliphatic heterocycles. The zero-order valence-corrected chi connectivity index (χ0v) is 28.4. The molecule has 0 spiro atoms. The summed E-state index contributed by atoms with van der Waals surface area (Å²) in [5.41, 5.74) is 2.99. The van der Waals surface area contributed by atoms with E-state index in [0.717, 1.165) is 43.2 Å². The van der Waals surface area contributed by atoms with Gasteiger partial charge in [-0.05, 0) is 88.3 Å². The number of hydrogen-bond acceptors (Lipinski definition) is 5. The molecular weight excluding hydrogens is 554 g/mol. The minimum absolute atomic E-state index is 0.112. The van der Waals surface area contributed by atoms with Crippen molar-refractivity contribution >= 4 is 23.6 Å². The Morgan fingerprint density at radius 3 is 2.09 bits per heavy atom. The number of carbonyl (C=O) groups is 3. The van der Waals surface area contributed by atoms with E-state index in [-0.39, 0.29) is 23.5 Å². The predicted octanol–water partition coefficient (Wildman–Crippen LogP) is 8.13. The van der Waals surface area contributed by atoms with Crippen LogP contribution in [0.5, 0.6) is 5.75 Å². The highest BCUT2D eigenvalue weighted by molar-refractivity contribution is 6.00. The van der Waals surface area contributed by atoms with Crippen molar-refractivity contribution in [1.29, 1.82) is 0 Å². The number of aryl methyl sites for hydroxylation is 3. The van der Waals surface area contributed by atoms with Crippen LogP contribution in [0, 0.1) is 26.7 Å². The summed E-state index contributed by atoms with van der Waals surface area (Å²) in [6.45, 7) is 17.4. The molecule has 0 heterocycles. The molecule has 0 saturated heterocycles. The number of rotatable bonds is 15. The summed E-state index contributed by atoms with van der Waals surface area (Å²) in [7, 11) is 0. The van der Waals surface area contributed by atoms with Gasteiger partial charge in [0.25, 0.3) is 5.91 Å². The summed E-state index contributed by atoms with van der Waals surface area (Å²) in [6, 6.07) is 8.92. The summed E-state index contributed by atoms with van der Waals surface area (Å²) in [6.07, 6.45) is 6.04. The molecule has 2 aromatic carbocycles. The third kappa shape index (κ3) is 10.9. The number of alkyl carbamates (subject to hydrolysis) is 1. The molecule has 244 valence electrons. The van der Waals surface area contributed by atoms with E-state index in [1.54, 1.807) is 50.8 Å². The summed E-state index contributed by atoms with van der Waals surface area (Å²) in [5, 5.41) is 16.3. The Kier molecular flexibility index (Phi) is 14.2. The molecule has 2 aromatic rings. The average molecular weight is 610 g/mol. The molecule has 3 amide bonds. The molecule has 0 radical (unpaired) electrons. The zero-order chi connectivity index (χ0) is 33.0. The van der Waals surface area contributed by atoms with Crippen molar-refractivity contribution in [1.82, 2.24) is 10.2 Å². The first-order valence-electron chi connectivity index (χ1n) is 16.2. The van der Waals surface area contributed by atoms with Crippen LogP contribution in [-0.2, 0) is 14.3 Å². The average Bonchev–Trinajstić information content (AvgIpc) is 2.95. The molecule has 0 fully saturated rings. The number of phenols is 1. The molecule has 3 unspecified atom stereocenters. The number of hydrogen-bond donors (Lipinski definition) is 3. The molecule has 44 heavy (non-hydrogen) atoms. The number of nitrogens with one attached hydrogen (secondary N) is 2. The first-order valence-corrected chi connectivity index (χ1v) is 16.2. The quantitative estimate of drug-likeness (QED) is 0.177. The number of nitrogens with zero attached hydrogens (tertiary/aromatic N) is 1. The Bertz CT molecular complexity index is 1230. The minimum atomic E-state index is -0.997. The Labute approximate surface area is 264 Å². The molecule has 8 nitrogen and oxygen atoms in total. The SMILES string of the molecule is CCCCCCCCN(C(=O)C(NC(=O)OC(C)(C)C)C(C)CC)C(C(=O)Nc1c(C)cccc1C)c1ccc(O)c(C)c1. The Hall–Kier alpha value is -3.55. The molecule has 2 rings (SSSR count). The second-order valence-corrected chi connectivity index (χ2v) is 13.0. The first kappa shape index (κ1) is 36.6. The lowest BCUT2D eigenvalue weighted by atomic mass is 9.94. The molecule has 8 heteroatoms. The van der Waals surface area contributed by atoms with Crippen LogP contribution in [0.2, 0.25) is 0 Å². The first-order chi connectivity index (χ1) is 20.7. The topological polar surface area (TPSA) is 108 Å². The summed E-state index contributed by atoms with van der Waals surface area (Å²) < 4.78 is 5.53. The largest absolute Gasteiger partial charge is 0.508 e. The predicted molar refractivity (Wildman–Crippen MR) is 178 cm³/mol. The molecule has 0 saturated carbocycles. The van der Waals surface area contributed by atoms with E-state index in [1.807, 2.05) is 45.9 Å². The van der Waals surface area contributed by atoms with E-state index in [4.69, 9.17) is 4.74 Å². The lowest BCUT2D eigenvalue weighted by Gasteiger charge is -2.36. The molecule has 0 bridgehead atoms. The highest BCUT2D eigenvalue weighted by atomic mass is 16.6. The van der Waals surface area contributed by atoms with Crippen LogP contribution >= 0.6 is 0 Å². The van der Waals surface area contributed by atoms with Gasteiger partial charge in [-0.1, -0.05) is 83.6 Å². The number of phenolic OH excluding ortho intramolecular Hbond substituents is 1. The lowest BCUT2D eigenvalue weighted by Crippen LogP contribution is -2.55. The van der Waals surface area contributed by atoms with Gasteiger partial charge in [0.05, 0.1) is 0 Å². The van der Waals surface area contributed by atoms with Gasteiger partial charge in [0.15, 0.2) is 0 Å². The monoisotopic (exact) mass is 609 g/mol. The van der Waals surface area contributed by atoms with Crippen LogP contribution in [0.3, 0.4) is 0 Å². The fourth-order valence-electron chi connectivity index (χ4n) is 5.25. The van der Waals surface area contributed by atoms with Gasteiger partial charge in [0.2, 0.25) is 5.91 Å². The highest BCUT2D eigenvalue weighted by Crippen LogP contribution is 2.31. The van der Waals surface area contributed by atoms with Crippen LogP contribution in [-0.4, -0.2) is 46.1 Å².